The van der Waals surface area contributed by atoms with Gasteiger partial charge in [0.15, 0.2) is 23.0 Å². The summed E-state index contributed by atoms with van der Waals surface area (Å²) in [5, 5.41) is 2.94. The summed E-state index contributed by atoms with van der Waals surface area (Å²) in [7, 11) is 1.61. The molecule has 27 heavy (non-hydrogen) atoms. The first-order valence-electron chi connectivity index (χ1n) is 8.84. The second-order valence-electron chi connectivity index (χ2n) is 6.36. The standard InChI is InChI=1S/C20H20BrNO5/c1-3-25-20-14(21)6-11(7-18(20)24-2)12-9-19(23)22-15-10-17-16(8-13(12)15)26-4-5-27-17/h6-8,10,12H,3-5,9H2,1-2H3,(H,22,23)/t12-/m0/s1. The lowest BCUT2D eigenvalue weighted by atomic mass is 9.84. The Labute approximate surface area is 165 Å². The average Bonchev–Trinajstić information content (AvgIpc) is 2.67. The van der Waals surface area contributed by atoms with Crippen LogP contribution in [0.4, 0.5) is 5.69 Å². The Morgan fingerprint density at radius 1 is 1.19 bits per heavy atom. The Bertz CT molecular complexity index is 898. The van der Waals surface area contributed by atoms with Crippen LogP contribution in [-0.4, -0.2) is 32.8 Å². The molecule has 2 aliphatic rings. The summed E-state index contributed by atoms with van der Waals surface area (Å²) in [4.78, 5) is 12.3. The molecule has 0 radical (unpaired) electrons. The van der Waals surface area contributed by atoms with Crippen LogP contribution in [0, 0.1) is 0 Å². The van der Waals surface area contributed by atoms with E-state index in [0.29, 0.717) is 49.2 Å². The molecule has 0 aliphatic carbocycles. The predicted molar refractivity (Wildman–Crippen MR) is 104 cm³/mol. The molecule has 1 N–H and O–H groups in total. The van der Waals surface area contributed by atoms with Crippen molar-refractivity contribution in [3.8, 4) is 23.0 Å². The van der Waals surface area contributed by atoms with E-state index in [1.807, 2.05) is 31.2 Å². The van der Waals surface area contributed by atoms with E-state index in [0.717, 1.165) is 21.3 Å². The Morgan fingerprint density at radius 3 is 2.63 bits per heavy atom. The van der Waals surface area contributed by atoms with Crippen LogP contribution in [0.5, 0.6) is 23.0 Å². The number of rotatable bonds is 4. The van der Waals surface area contributed by atoms with E-state index in [4.69, 9.17) is 18.9 Å². The maximum absolute atomic E-state index is 12.3. The number of nitrogens with one attached hydrogen (secondary N) is 1. The minimum Gasteiger partial charge on any atom is -0.493 e. The first kappa shape index (κ1) is 18.0. The van der Waals surface area contributed by atoms with E-state index in [2.05, 4.69) is 21.2 Å². The van der Waals surface area contributed by atoms with Crippen LogP contribution in [0.15, 0.2) is 28.7 Å². The zero-order valence-corrected chi connectivity index (χ0v) is 16.7. The second-order valence-corrected chi connectivity index (χ2v) is 7.21. The van der Waals surface area contributed by atoms with Gasteiger partial charge in [-0.05, 0) is 52.2 Å². The highest BCUT2D eigenvalue weighted by Gasteiger charge is 2.30. The van der Waals surface area contributed by atoms with Crippen LogP contribution in [0.3, 0.4) is 0 Å². The van der Waals surface area contributed by atoms with Gasteiger partial charge < -0.3 is 24.3 Å². The summed E-state index contributed by atoms with van der Waals surface area (Å²) in [6.07, 6.45) is 0.343. The van der Waals surface area contributed by atoms with E-state index in [1.165, 1.54) is 0 Å². The number of amides is 1. The van der Waals surface area contributed by atoms with Crippen LogP contribution >= 0.6 is 15.9 Å². The van der Waals surface area contributed by atoms with Crippen LogP contribution in [-0.2, 0) is 4.79 Å². The molecule has 1 atom stereocenters. The Morgan fingerprint density at radius 2 is 1.93 bits per heavy atom. The molecule has 2 heterocycles. The molecule has 0 saturated heterocycles. The summed E-state index contributed by atoms with van der Waals surface area (Å²) in [5.41, 5.74) is 2.72. The number of halogens is 1. The van der Waals surface area contributed by atoms with Gasteiger partial charge in [0.1, 0.15) is 13.2 Å². The predicted octanol–water partition coefficient (Wildman–Crippen LogP) is 4.10. The van der Waals surface area contributed by atoms with Crippen molar-refractivity contribution in [2.75, 3.05) is 32.2 Å². The van der Waals surface area contributed by atoms with Crippen molar-refractivity contribution in [2.45, 2.75) is 19.3 Å². The highest BCUT2D eigenvalue weighted by molar-refractivity contribution is 9.10. The van der Waals surface area contributed by atoms with Crippen molar-refractivity contribution >= 4 is 27.5 Å². The SMILES string of the molecule is CCOc1c(Br)cc([C@@H]2CC(=O)Nc3cc4c(cc32)OCCO4)cc1OC. The highest BCUT2D eigenvalue weighted by Crippen LogP contribution is 2.46. The smallest absolute Gasteiger partial charge is 0.225 e. The molecule has 0 saturated carbocycles. The van der Waals surface area contributed by atoms with E-state index in [1.54, 1.807) is 7.11 Å². The summed E-state index contributed by atoms with van der Waals surface area (Å²) in [5.74, 6) is 2.50. The third-order valence-corrected chi connectivity index (χ3v) is 5.29. The van der Waals surface area contributed by atoms with Gasteiger partial charge in [-0.15, -0.1) is 0 Å². The lowest BCUT2D eigenvalue weighted by molar-refractivity contribution is -0.116. The third kappa shape index (κ3) is 3.32. The van der Waals surface area contributed by atoms with Gasteiger partial charge in [0.2, 0.25) is 5.91 Å². The third-order valence-electron chi connectivity index (χ3n) is 4.70. The molecule has 0 fully saturated rings. The molecule has 1 amide bonds. The van der Waals surface area contributed by atoms with E-state index >= 15 is 0 Å². The molecule has 142 valence electrons. The molecule has 2 aliphatic heterocycles. The Hall–Kier alpha value is -2.41. The number of carbonyl (C=O) groups is 1. The van der Waals surface area contributed by atoms with Crippen LogP contribution in [0.25, 0.3) is 0 Å². The maximum atomic E-state index is 12.3. The summed E-state index contributed by atoms with van der Waals surface area (Å²) in [6, 6.07) is 7.72. The molecule has 4 rings (SSSR count). The van der Waals surface area contributed by atoms with Crippen molar-refractivity contribution < 1.29 is 23.7 Å². The number of ether oxygens (including phenoxy) is 4. The molecule has 2 aromatic carbocycles. The minimum absolute atomic E-state index is 0.0341. The molecule has 6 nitrogen and oxygen atoms in total. The second kappa shape index (κ2) is 7.31. The number of hydrogen-bond donors (Lipinski definition) is 1. The maximum Gasteiger partial charge on any atom is 0.225 e. The lowest BCUT2D eigenvalue weighted by Crippen LogP contribution is -2.25. The summed E-state index contributed by atoms with van der Waals surface area (Å²) < 4.78 is 23.4. The van der Waals surface area contributed by atoms with Crippen LogP contribution in [0.1, 0.15) is 30.4 Å². The van der Waals surface area contributed by atoms with Crippen LogP contribution in [0.2, 0.25) is 0 Å². The normalized spacial score (nSPS) is 17.7. The van der Waals surface area contributed by atoms with Gasteiger partial charge in [-0.2, -0.15) is 0 Å². The van der Waals surface area contributed by atoms with Crippen LogP contribution < -0.4 is 24.3 Å². The summed E-state index contributed by atoms with van der Waals surface area (Å²) in [6.45, 7) is 3.48. The first-order chi connectivity index (χ1) is 13.1. The Balaban J connectivity index is 1.81. The molecular weight excluding hydrogens is 414 g/mol. The molecule has 7 heteroatoms. The molecule has 0 bridgehead atoms. The molecular formula is C20H20BrNO5. The van der Waals surface area contributed by atoms with Crippen molar-refractivity contribution in [2.24, 2.45) is 0 Å². The van der Waals surface area contributed by atoms with Crippen molar-refractivity contribution in [3.63, 3.8) is 0 Å². The first-order valence-corrected chi connectivity index (χ1v) is 9.63. The average molecular weight is 434 g/mol. The zero-order valence-electron chi connectivity index (χ0n) is 15.1. The monoisotopic (exact) mass is 433 g/mol. The topological polar surface area (TPSA) is 66.0 Å². The number of carbonyl (C=O) groups excluding carboxylic acids is 1. The van der Waals surface area contributed by atoms with Gasteiger partial charge in [-0.25, -0.2) is 0 Å². The molecule has 0 unspecified atom stereocenters. The van der Waals surface area contributed by atoms with E-state index in [-0.39, 0.29) is 11.8 Å². The van der Waals surface area contributed by atoms with Gasteiger partial charge >= 0.3 is 0 Å². The fourth-order valence-electron chi connectivity index (χ4n) is 3.52. The lowest BCUT2D eigenvalue weighted by Gasteiger charge is -2.29. The van der Waals surface area contributed by atoms with Gasteiger partial charge in [0.05, 0.1) is 18.2 Å². The minimum atomic E-state index is -0.120. The fourth-order valence-corrected chi connectivity index (χ4v) is 4.09. The molecule has 0 spiro atoms. The van der Waals surface area contributed by atoms with Crippen molar-refractivity contribution in [3.05, 3.63) is 39.9 Å². The number of benzene rings is 2. The van der Waals surface area contributed by atoms with Gasteiger partial charge in [-0.3, -0.25) is 4.79 Å². The van der Waals surface area contributed by atoms with Gasteiger partial charge in [0, 0.05) is 24.1 Å². The zero-order chi connectivity index (χ0) is 19.0. The fraction of sp³-hybridized carbons (Fsp3) is 0.350. The largest absolute Gasteiger partial charge is 0.493 e. The van der Waals surface area contributed by atoms with Gasteiger partial charge in [-0.1, -0.05) is 0 Å². The van der Waals surface area contributed by atoms with Crippen molar-refractivity contribution in [1.29, 1.82) is 0 Å². The quantitative estimate of drug-likeness (QED) is 0.785. The van der Waals surface area contributed by atoms with Crippen molar-refractivity contribution in [1.82, 2.24) is 0 Å². The summed E-state index contributed by atoms with van der Waals surface area (Å²) >= 11 is 3.57. The number of methoxy groups -OCH3 is 1. The number of fused-ring (bicyclic) bond motifs is 2. The number of anilines is 1. The number of hydrogen-bond acceptors (Lipinski definition) is 5. The van der Waals surface area contributed by atoms with E-state index in [9.17, 15) is 4.79 Å². The van der Waals surface area contributed by atoms with E-state index < -0.39 is 0 Å². The highest BCUT2D eigenvalue weighted by atomic mass is 79.9. The Kier molecular flexibility index (Phi) is 4.86. The molecule has 0 aromatic heterocycles. The molecule has 2 aromatic rings. The van der Waals surface area contributed by atoms with Gasteiger partial charge in [0.25, 0.3) is 0 Å².